The van der Waals surface area contributed by atoms with E-state index in [0.29, 0.717) is 18.7 Å². The van der Waals surface area contributed by atoms with Crippen molar-refractivity contribution in [3.05, 3.63) is 112 Å². The average molecular weight is 600 g/mol. The second kappa shape index (κ2) is 13.1. The maximum atomic E-state index is 14.0. The van der Waals surface area contributed by atoms with E-state index in [1.165, 1.54) is 0 Å². The van der Waals surface area contributed by atoms with Gasteiger partial charge in [0.1, 0.15) is 11.8 Å². The van der Waals surface area contributed by atoms with Crippen molar-refractivity contribution in [3.8, 4) is 5.75 Å². The van der Waals surface area contributed by atoms with Gasteiger partial charge in [-0.15, -0.1) is 0 Å². The minimum absolute atomic E-state index is 0.107. The number of aryl methyl sites for hydroxylation is 1. The summed E-state index contributed by atoms with van der Waals surface area (Å²) in [6, 6.07) is 29.3. The van der Waals surface area contributed by atoms with E-state index in [-0.39, 0.29) is 24.5 Å². The van der Waals surface area contributed by atoms with Gasteiger partial charge in [-0.25, -0.2) is 0 Å². The Labute approximate surface area is 244 Å². The smallest absolute Gasteiger partial charge is 0.261 e. The van der Waals surface area contributed by atoms with E-state index in [4.69, 9.17) is 4.74 Å². The standard InChI is InChI=1S/C34H35BrN2O3/c1-24-11-5-6-15-27(24)22-37(32(38)23-40-31-20-19-26-14-7-10-18-29(26)33(31)35)30(21-25-12-3-2-4-13-25)34(39)36-28-16-8-9-17-28/h2-7,10-15,18-20,28,30H,8-9,16-17,21-23H2,1H3,(H,36,39)/t30-/m1/s1. The lowest BCUT2D eigenvalue weighted by Crippen LogP contribution is -2.53. The van der Waals surface area contributed by atoms with Crippen LogP contribution in [0.2, 0.25) is 0 Å². The summed E-state index contributed by atoms with van der Waals surface area (Å²) in [7, 11) is 0. The largest absolute Gasteiger partial charge is 0.483 e. The number of hydrogen-bond acceptors (Lipinski definition) is 3. The molecule has 5 rings (SSSR count). The monoisotopic (exact) mass is 598 g/mol. The second-order valence-electron chi connectivity index (χ2n) is 10.5. The van der Waals surface area contributed by atoms with Crippen molar-refractivity contribution < 1.29 is 14.3 Å². The summed E-state index contributed by atoms with van der Waals surface area (Å²) >= 11 is 3.66. The molecule has 0 bridgehead atoms. The Balaban J connectivity index is 1.44. The Morgan fingerprint density at radius 1 is 0.925 bits per heavy atom. The molecule has 0 spiro atoms. The molecule has 4 aromatic carbocycles. The second-order valence-corrected chi connectivity index (χ2v) is 11.3. The summed E-state index contributed by atoms with van der Waals surface area (Å²) < 4.78 is 6.91. The van der Waals surface area contributed by atoms with Crippen LogP contribution in [-0.4, -0.2) is 35.4 Å². The van der Waals surface area contributed by atoms with E-state index in [2.05, 4.69) is 21.2 Å². The molecule has 0 unspecified atom stereocenters. The number of halogens is 1. The van der Waals surface area contributed by atoms with Crippen molar-refractivity contribution in [2.45, 2.75) is 57.7 Å². The highest BCUT2D eigenvalue weighted by atomic mass is 79.9. The molecule has 1 aliphatic carbocycles. The van der Waals surface area contributed by atoms with Crippen LogP contribution in [0.1, 0.15) is 42.4 Å². The number of nitrogens with zero attached hydrogens (tertiary/aromatic N) is 1. The van der Waals surface area contributed by atoms with E-state index in [1.54, 1.807) is 4.90 Å². The van der Waals surface area contributed by atoms with Gasteiger partial charge in [0.25, 0.3) is 5.91 Å². The molecule has 1 atom stereocenters. The molecule has 5 nitrogen and oxygen atoms in total. The maximum absolute atomic E-state index is 14.0. The van der Waals surface area contributed by atoms with E-state index in [1.807, 2.05) is 97.9 Å². The fourth-order valence-electron chi connectivity index (χ4n) is 5.44. The van der Waals surface area contributed by atoms with Gasteiger partial charge in [0.15, 0.2) is 6.61 Å². The SMILES string of the molecule is Cc1ccccc1CN(C(=O)COc1ccc2ccccc2c1Br)[C@H](Cc1ccccc1)C(=O)NC1CCCC1. The van der Waals surface area contributed by atoms with Crippen molar-refractivity contribution in [2.75, 3.05) is 6.61 Å². The number of ether oxygens (including phenoxy) is 1. The molecular weight excluding hydrogens is 564 g/mol. The van der Waals surface area contributed by atoms with Crippen LogP contribution in [-0.2, 0) is 22.6 Å². The summed E-state index contributed by atoms with van der Waals surface area (Å²) in [4.78, 5) is 29.5. The van der Waals surface area contributed by atoms with Crippen LogP contribution >= 0.6 is 15.9 Å². The third-order valence-electron chi connectivity index (χ3n) is 7.75. The van der Waals surface area contributed by atoms with Gasteiger partial charge in [0.2, 0.25) is 5.91 Å². The number of hydrogen-bond donors (Lipinski definition) is 1. The molecule has 1 saturated carbocycles. The van der Waals surface area contributed by atoms with Crippen molar-refractivity contribution in [2.24, 2.45) is 0 Å². The van der Waals surface area contributed by atoms with Gasteiger partial charge in [-0.2, -0.15) is 0 Å². The number of benzene rings is 4. The van der Waals surface area contributed by atoms with Crippen molar-refractivity contribution >= 4 is 38.5 Å². The van der Waals surface area contributed by atoms with Gasteiger partial charge >= 0.3 is 0 Å². The van der Waals surface area contributed by atoms with Crippen LogP contribution in [0, 0.1) is 6.92 Å². The highest BCUT2D eigenvalue weighted by Crippen LogP contribution is 2.33. The van der Waals surface area contributed by atoms with Gasteiger partial charge in [0.05, 0.1) is 4.47 Å². The minimum atomic E-state index is -0.668. The lowest BCUT2D eigenvalue weighted by molar-refractivity contribution is -0.143. The molecule has 1 aliphatic rings. The van der Waals surface area contributed by atoms with E-state index in [9.17, 15) is 9.59 Å². The van der Waals surface area contributed by atoms with Gasteiger partial charge in [-0.1, -0.05) is 97.8 Å². The Morgan fingerprint density at radius 2 is 1.62 bits per heavy atom. The van der Waals surface area contributed by atoms with Crippen LogP contribution in [0.5, 0.6) is 5.75 Å². The van der Waals surface area contributed by atoms with E-state index >= 15 is 0 Å². The van der Waals surface area contributed by atoms with Crippen molar-refractivity contribution in [1.29, 1.82) is 0 Å². The Kier molecular flexibility index (Phi) is 9.17. The Bertz CT molecular complexity index is 1470. The molecular formula is C34H35BrN2O3. The molecule has 4 aromatic rings. The predicted octanol–water partition coefficient (Wildman–Crippen LogP) is 6.99. The highest BCUT2D eigenvalue weighted by Gasteiger charge is 2.32. The number of carbonyl (C=O) groups excluding carboxylic acids is 2. The van der Waals surface area contributed by atoms with Crippen LogP contribution < -0.4 is 10.1 Å². The van der Waals surface area contributed by atoms with Crippen molar-refractivity contribution in [3.63, 3.8) is 0 Å². The summed E-state index contributed by atoms with van der Waals surface area (Å²) in [5.41, 5.74) is 3.09. The molecule has 40 heavy (non-hydrogen) atoms. The van der Waals surface area contributed by atoms with Gasteiger partial charge in [0, 0.05) is 19.0 Å². The molecule has 0 aliphatic heterocycles. The topological polar surface area (TPSA) is 58.6 Å². The molecule has 1 fully saturated rings. The summed E-state index contributed by atoms with van der Waals surface area (Å²) in [5.74, 6) is 0.258. The van der Waals surface area contributed by atoms with Crippen LogP contribution in [0.4, 0.5) is 0 Å². The van der Waals surface area contributed by atoms with Crippen LogP contribution in [0.3, 0.4) is 0 Å². The Morgan fingerprint density at radius 3 is 2.40 bits per heavy atom. The van der Waals surface area contributed by atoms with Crippen LogP contribution in [0.15, 0.2) is 95.5 Å². The van der Waals surface area contributed by atoms with Gasteiger partial charge in [-0.05, 0) is 69.2 Å². The molecule has 206 valence electrons. The van der Waals surface area contributed by atoms with Gasteiger partial charge in [-0.3, -0.25) is 9.59 Å². The van der Waals surface area contributed by atoms with Crippen molar-refractivity contribution in [1.82, 2.24) is 10.2 Å². The molecule has 0 radical (unpaired) electrons. The third kappa shape index (κ3) is 6.73. The predicted molar refractivity (Wildman–Crippen MR) is 163 cm³/mol. The molecule has 1 N–H and O–H groups in total. The lowest BCUT2D eigenvalue weighted by Gasteiger charge is -2.32. The van der Waals surface area contributed by atoms with Gasteiger partial charge < -0.3 is 15.0 Å². The number of nitrogens with one attached hydrogen (secondary N) is 1. The highest BCUT2D eigenvalue weighted by molar-refractivity contribution is 9.10. The minimum Gasteiger partial charge on any atom is -0.483 e. The summed E-state index contributed by atoms with van der Waals surface area (Å²) in [6.07, 6.45) is 4.63. The maximum Gasteiger partial charge on any atom is 0.261 e. The molecule has 2 amide bonds. The zero-order chi connectivity index (χ0) is 27.9. The summed E-state index contributed by atoms with van der Waals surface area (Å²) in [6.45, 7) is 2.18. The number of carbonyl (C=O) groups is 2. The molecule has 0 heterocycles. The first-order chi connectivity index (χ1) is 19.5. The fraction of sp³-hybridized carbons (Fsp3) is 0.294. The first kappa shape index (κ1) is 27.9. The number of amides is 2. The normalized spacial score (nSPS) is 14.2. The first-order valence-corrected chi connectivity index (χ1v) is 14.8. The third-order valence-corrected chi connectivity index (χ3v) is 8.57. The van der Waals surface area contributed by atoms with Crippen LogP contribution in [0.25, 0.3) is 10.8 Å². The molecule has 6 heteroatoms. The quantitative estimate of drug-likeness (QED) is 0.214. The molecule has 0 aromatic heterocycles. The van der Waals surface area contributed by atoms with E-state index in [0.717, 1.165) is 57.6 Å². The number of rotatable bonds is 10. The average Bonchev–Trinajstić information content (AvgIpc) is 3.49. The summed E-state index contributed by atoms with van der Waals surface area (Å²) in [5, 5.41) is 5.36. The molecule has 0 saturated heterocycles. The fourth-order valence-corrected chi connectivity index (χ4v) is 6.05. The lowest BCUT2D eigenvalue weighted by atomic mass is 10.0. The number of fused-ring (bicyclic) bond motifs is 1. The zero-order valence-corrected chi connectivity index (χ0v) is 24.4. The zero-order valence-electron chi connectivity index (χ0n) is 22.8. The van der Waals surface area contributed by atoms with E-state index < -0.39 is 6.04 Å². The Hall–Kier alpha value is -3.64. The first-order valence-electron chi connectivity index (χ1n) is 14.0.